The Morgan fingerprint density at radius 1 is 1.33 bits per heavy atom. The van der Waals surface area contributed by atoms with Gasteiger partial charge in [0.25, 0.3) is 0 Å². The molecule has 21 heavy (non-hydrogen) atoms. The van der Waals surface area contributed by atoms with E-state index in [9.17, 15) is 12.8 Å². The molecular formula is C13H14FN3O3S. The zero-order valence-electron chi connectivity index (χ0n) is 11.2. The number of aromatic nitrogens is 1. The number of nitrogens with zero attached hydrogens (tertiary/aromatic N) is 1. The number of halogens is 1. The van der Waals surface area contributed by atoms with Crippen LogP contribution in [-0.4, -0.2) is 20.5 Å². The summed E-state index contributed by atoms with van der Waals surface area (Å²) < 4.78 is 44.8. The van der Waals surface area contributed by atoms with Crippen molar-refractivity contribution in [3.05, 3.63) is 47.9 Å². The van der Waals surface area contributed by atoms with Crippen molar-refractivity contribution < 1.29 is 17.5 Å². The molecule has 0 atom stereocenters. The van der Waals surface area contributed by atoms with Gasteiger partial charge in [-0.25, -0.2) is 22.5 Å². The highest BCUT2D eigenvalue weighted by molar-refractivity contribution is 7.89. The summed E-state index contributed by atoms with van der Waals surface area (Å²) >= 11 is 0. The first-order valence-electron chi connectivity index (χ1n) is 5.96. The van der Waals surface area contributed by atoms with E-state index in [0.29, 0.717) is 11.4 Å². The summed E-state index contributed by atoms with van der Waals surface area (Å²) in [5, 5.41) is 0. The van der Waals surface area contributed by atoms with Gasteiger partial charge < -0.3 is 10.5 Å². The molecule has 0 bridgehead atoms. The third-order valence-electron chi connectivity index (χ3n) is 2.76. The number of nitrogen functional groups attached to an aromatic ring is 1. The smallest absolute Gasteiger partial charge is 0.240 e. The third-order valence-corrected chi connectivity index (χ3v) is 4.16. The minimum atomic E-state index is -3.82. The topological polar surface area (TPSA) is 94.3 Å². The van der Waals surface area contributed by atoms with Crippen LogP contribution < -0.4 is 15.2 Å². The van der Waals surface area contributed by atoms with E-state index >= 15 is 0 Å². The summed E-state index contributed by atoms with van der Waals surface area (Å²) in [5.74, 6) is -0.395. The molecule has 2 rings (SSSR count). The fourth-order valence-electron chi connectivity index (χ4n) is 1.61. The van der Waals surface area contributed by atoms with Gasteiger partial charge in [0.1, 0.15) is 5.82 Å². The van der Waals surface area contributed by atoms with Gasteiger partial charge in [-0.05, 0) is 29.8 Å². The summed E-state index contributed by atoms with van der Waals surface area (Å²) in [6, 6.07) is 6.58. The van der Waals surface area contributed by atoms with Crippen LogP contribution >= 0.6 is 0 Å². The lowest BCUT2D eigenvalue weighted by Gasteiger charge is -2.08. The monoisotopic (exact) mass is 311 g/mol. The van der Waals surface area contributed by atoms with Crippen LogP contribution in [-0.2, 0) is 16.6 Å². The van der Waals surface area contributed by atoms with Gasteiger partial charge in [-0.2, -0.15) is 0 Å². The Balaban J connectivity index is 2.15. The molecule has 112 valence electrons. The Labute approximate surface area is 121 Å². The summed E-state index contributed by atoms with van der Waals surface area (Å²) in [6.45, 7) is 0.0349. The number of benzene rings is 1. The molecule has 8 heteroatoms. The molecule has 1 aromatic heterocycles. The van der Waals surface area contributed by atoms with Gasteiger partial charge >= 0.3 is 0 Å². The lowest BCUT2D eigenvalue weighted by Crippen LogP contribution is -2.23. The second-order valence-corrected chi connectivity index (χ2v) is 5.98. The molecule has 0 aliphatic heterocycles. The standard InChI is InChI=1S/C13H14FN3O3S/c1-20-13-6-9(4-5-16-13)8-17-21(18,19)10-2-3-12(15)11(14)7-10/h2-7,17H,8,15H2,1H3. The molecule has 0 fully saturated rings. The maximum absolute atomic E-state index is 13.3. The van der Waals surface area contributed by atoms with Crippen LogP contribution in [0, 0.1) is 5.82 Å². The van der Waals surface area contributed by atoms with E-state index < -0.39 is 15.8 Å². The predicted molar refractivity (Wildman–Crippen MR) is 75.6 cm³/mol. The van der Waals surface area contributed by atoms with E-state index in [2.05, 4.69) is 9.71 Å². The van der Waals surface area contributed by atoms with E-state index in [1.54, 1.807) is 12.1 Å². The Bertz CT molecular complexity index is 750. The van der Waals surface area contributed by atoms with Crippen molar-refractivity contribution in [3.63, 3.8) is 0 Å². The molecule has 0 unspecified atom stereocenters. The molecule has 0 saturated carbocycles. The van der Waals surface area contributed by atoms with Gasteiger partial charge in [0.15, 0.2) is 0 Å². The number of nitrogens with two attached hydrogens (primary N) is 1. The molecular weight excluding hydrogens is 297 g/mol. The van der Waals surface area contributed by atoms with Crippen molar-refractivity contribution in [2.75, 3.05) is 12.8 Å². The molecule has 1 aromatic carbocycles. The first-order valence-corrected chi connectivity index (χ1v) is 7.44. The average Bonchev–Trinajstić information content (AvgIpc) is 2.48. The SMILES string of the molecule is COc1cc(CNS(=O)(=O)c2ccc(N)c(F)c2)ccn1. The minimum Gasteiger partial charge on any atom is -0.481 e. The van der Waals surface area contributed by atoms with Crippen LogP contribution in [0.15, 0.2) is 41.4 Å². The van der Waals surface area contributed by atoms with Crippen molar-refractivity contribution in [2.45, 2.75) is 11.4 Å². The summed E-state index contributed by atoms with van der Waals surface area (Å²) in [4.78, 5) is 3.73. The molecule has 0 radical (unpaired) electrons. The zero-order valence-corrected chi connectivity index (χ0v) is 12.0. The normalized spacial score (nSPS) is 11.3. The number of methoxy groups -OCH3 is 1. The lowest BCUT2D eigenvalue weighted by atomic mass is 10.3. The highest BCUT2D eigenvalue weighted by Gasteiger charge is 2.15. The van der Waals surface area contributed by atoms with E-state index in [1.807, 2.05) is 0 Å². The van der Waals surface area contributed by atoms with Crippen molar-refractivity contribution in [1.29, 1.82) is 0 Å². The Morgan fingerprint density at radius 3 is 2.76 bits per heavy atom. The molecule has 1 heterocycles. The number of rotatable bonds is 5. The van der Waals surface area contributed by atoms with Gasteiger partial charge in [0, 0.05) is 18.8 Å². The van der Waals surface area contributed by atoms with Crippen LogP contribution in [0.4, 0.5) is 10.1 Å². The van der Waals surface area contributed by atoms with E-state index in [1.165, 1.54) is 25.4 Å². The van der Waals surface area contributed by atoms with Crippen molar-refractivity contribution in [1.82, 2.24) is 9.71 Å². The number of nitrogens with one attached hydrogen (secondary N) is 1. The fourth-order valence-corrected chi connectivity index (χ4v) is 2.64. The molecule has 0 spiro atoms. The molecule has 0 amide bonds. The number of hydrogen-bond acceptors (Lipinski definition) is 5. The maximum Gasteiger partial charge on any atom is 0.240 e. The summed E-state index contributed by atoms with van der Waals surface area (Å²) in [6.07, 6.45) is 1.51. The van der Waals surface area contributed by atoms with Gasteiger partial charge in [-0.1, -0.05) is 0 Å². The highest BCUT2D eigenvalue weighted by atomic mass is 32.2. The van der Waals surface area contributed by atoms with Gasteiger partial charge in [0.05, 0.1) is 17.7 Å². The summed E-state index contributed by atoms with van der Waals surface area (Å²) in [7, 11) is -2.36. The van der Waals surface area contributed by atoms with E-state index in [0.717, 1.165) is 6.07 Å². The molecule has 6 nitrogen and oxygen atoms in total. The van der Waals surface area contributed by atoms with Crippen LogP contribution in [0.25, 0.3) is 0 Å². The quantitative estimate of drug-likeness (QED) is 0.811. The van der Waals surface area contributed by atoms with Gasteiger partial charge in [0.2, 0.25) is 15.9 Å². The second-order valence-electron chi connectivity index (χ2n) is 4.21. The first kappa shape index (κ1) is 15.2. The maximum atomic E-state index is 13.3. The number of anilines is 1. The molecule has 0 aliphatic carbocycles. The zero-order chi connectivity index (χ0) is 15.5. The Kier molecular flexibility index (Phi) is 4.39. The second kappa shape index (κ2) is 6.06. The largest absolute Gasteiger partial charge is 0.481 e. The number of pyridine rings is 1. The Hall–Kier alpha value is -2.19. The van der Waals surface area contributed by atoms with Crippen molar-refractivity contribution in [2.24, 2.45) is 0 Å². The fraction of sp³-hybridized carbons (Fsp3) is 0.154. The molecule has 0 saturated heterocycles. The number of ether oxygens (including phenoxy) is 1. The van der Waals surface area contributed by atoms with Crippen LogP contribution in [0.5, 0.6) is 5.88 Å². The van der Waals surface area contributed by atoms with Crippen LogP contribution in [0.3, 0.4) is 0 Å². The Morgan fingerprint density at radius 2 is 2.10 bits per heavy atom. The van der Waals surface area contributed by atoms with E-state index in [4.69, 9.17) is 10.5 Å². The third kappa shape index (κ3) is 3.67. The average molecular weight is 311 g/mol. The molecule has 2 aromatic rings. The minimum absolute atomic E-state index is 0.0349. The van der Waals surface area contributed by atoms with Gasteiger partial charge in [-0.3, -0.25) is 0 Å². The molecule has 0 aliphatic rings. The molecule has 3 N–H and O–H groups in total. The first-order chi connectivity index (χ1) is 9.92. The van der Waals surface area contributed by atoms with Crippen molar-refractivity contribution in [3.8, 4) is 5.88 Å². The number of hydrogen-bond donors (Lipinski definition) is 2. The lowest BCUT2D eigenvalue weighted by molar-refractivity contribution is 0.397. The number of sulfonamides is 1. The predicted octanol–water partition coefficient (Wildman–Crippen LogP) is 1.29. The van der Waals surface area contributed by atoms with E-state index in [-0.39, 0.29) is 17.1 Å². The van der Waals surface area contributed by atoms with Crippen molar-refractivity contribution >= 4 is 15.7 Å². The van der Waals surface area contributed by atoms with Crippen LogP contribution in [0.1, 0.15) is 5.56 Å². The summed E-state index contributed by atoms with van der Waals surface area (Å²) in [5.41, 5.74) is 5.88. The van der Waals surface area contributed by atoms with Crippen LogP contribution in [0.2, 0.25) is 0 Å². The highest BCUT2D eigenvalue weighted by Crippen LogP contribution is 2.16. The van der Waals surface area contributed by atoms with Gasteiger partial charge in [-0.15, -0.1) is 0 Å².